The van der Waals surface area contributed by atoms with Crippen molar-refractivity contribution in [2.75, 3.05) is 0 Å². The molecule has 1 N–H and O–H groups in total. The summed E-state index contributed by atoms with van der Waals surface area (Å²) in [6.45, 7) is 0.0200. The van der Waals surface area contributed by atoms with Crippen molar-refractivity contribution in [3.8, 4) is 0 Å². The van der Waals surface area contributed by atoms with Crippen LogP contribution in [0.2, 0.25) is 10.0 Å². The summed E-state index contributed by atoms with van der Waals surface area (Å²) in [5, 5.41) is 0.822. The van der Waals surface area contributed by atoms with Gasteiger partial charge in [0.05, 0.1) is 11.0 Å². The third kappa shape index (κ3) is 2.53. The molecule has 0 aliphatic heterocycles. The van der Waals surface area contributed by atoms with Crippen molar-refractivity contribution in [1.82, 2.24) is 9.55 Å². The van der Waals surface area contributed by atoms with Crippen molar-refractivity contribution in [3.63, 3.8) is 0 Å². The molecule has 94 valence electrons. The monoisotopic (exact) mass is 348 g/mol. The number of nitrogens with zero attached hydrogens (tertiary/aromatic N) is 1. The van der Waals surface area contributed by atoms with Crippen LogP contribution >= 0.6 is 39.1 Å². The van der Waals surface area contributed by atoms with Crippen LogP contribution in [-0.4, -0.2) is 9.55 Å². The van der Waals surface area contributed by atoms with Gasteiger partial charge in [0.2, 0.25) is 0 Å². The highest BCUT2D eigenvalue weighted by Gasteiger charge is 2.10. The second-order valence-electron chi connectivity index (χ2n) is 3.53. The molecule has 0 amide bonds. The lowest BCUT2D eigenvalue weighted by Gasteiger charge is -2.08. The molecule has 18 heavy (non-hydrogen) atoms. The molecule has 0 aliphatic rings. The quantitative estimate of drug-likeness (QED) is 0.906. The minimum atomic E-state index is -0.515. The Balaban J connectivity index is 2.57. The second kappa shape index (κ2) is 5.30. The molecule has 7 heteroatoms. The molecular weight excluding hydrogens is 343 g/mol. The van der Waals surface area contributed by atoms with Gasteiger partial charge in [0, 0.05) is 21.8 Å². The molecule has 1 aromatic heterocycles. The fourth-order valence-corrected chi connectivity index (χ4v) is 2.32. The minimum Gasteiger partial charge on any atom is -0.313 e. The fourth-order valence-electron chi connectivity index (χ4n) is 1.47. The summed E-state index contributed by atoms with van der Waals surface area (Å²) in [4.78, 5) is 25.9. The fraction of sp³-hybridized carbons (Fsp3) is 0.0909. The summed E-state index contributed by atoms with van der Waals surface area (Å²) < 4.78 is 1.29. The molecule has 2 rings (SSSR count). The molecule has 2 aromatic rings. The van der Waals surface area contributed by atoms with Gasteiger partial charge in [-0.3, -0.25) is 9.36 Å². The van der Waals surface area contributed by atoms with Gasteiger partial charge in [0.1, 0.15) is 0 Å². The van der Waals surface area contributed by atoms with E-state index in [0.717, 1.165) is 4.57 Å². The number of hydrogen-bond donors (Lipinski definition) is 1. The van der Waals surface area contributed by atoms with Gasteiger partial charge in [-0.25, -0.2) is 4.79 Å². The number of aromatic amines is 1. The Labute approximate surface area is 120 Å². The maximum absolute atomic E-state index is 11.8. The molecule has 0 saturated heterocycles. The first kappa shape index (κ1) is 13.4. The molecule has 0 atom stereocenters. The summed E-state index contributed by atoms with van der Waals surface area (Å²) in [5.74, 6) is 0. The highest BCUT2D eigenvalue weighted by molar-refractivity contribution is 9.10. The Morgan fingerprint density at radius 1 is 1.22 bits per heavy atom. The maximum atomic E-state index is 11.8. The Bertz CT molecular complexity index is 689. The van der Waals surface area contributed by atoms with Crippen molar-refractivity contribution < 1.29 is 0 Å². The number of H-pyrrole nitrogens is 1. The normalized spacial score (nSPS) is 10.6. The SMILES string of the molecule is O=c1[nH]cc(Br)c(=O)n1Cc1c(Cl)cccc1Cl. The van der Waals surface area contributed by atoms with Crippen LogP contribution in [-0.2, 0) is 6.54 Å². The van der Waals surface area contributed by atoms with Crippen LogP contribution in [0, 0.1) is 0 Å². The van der Waals surface area contributed by atoms with E-state index in [-0.39, 0.29) is 11.0 Å². The first-order chi connectivity index (χ1) is 8.50. The van der Waals surface area contributed by atoms with Crippen LogP contribution in [0.3, 0.4) is 0 Å². The number of aromatic nitrogens is 2. The third-order valence-corrected chi connectivity index (χ3v) is 3.67. The Morgan fingerprint density at radius 2 is 1.83 bits per heavy atom. The Morgan fingerprint density at radius 3 is 2.44 bits per heavy atom. The molecule has 0 saturated carbocycles. The van der Waals surface area contributed by atoms with Crippen LogP contribution in [0.15, 0.2) is 38.5 Å². The zero-order valence-corrected chi connectivity index (χ0v) is 12.0. The molecule has 0 bridgehead atoms. The Kier molecular flexibility index (Phi) is 3.94. The zero-order chi connectivity index (χ0) is 13.3. The van der Waals surface area contributed by atoms with Crippen molar-refractivity contribution in [2.45, 2.75) is 6.54 Å². The van der Waals surface area contributed by atoms with E-state index in [2.05, 4.69) is 20.9 Å². The van der Waals surface area contributed by atoms with E-state index in [0.29, 0.717) is 15.6 Å². The highest BCUT2D eigenvalue weighted by Crippen LogP contribution is 2.24. The van der Waals surface area contributed by atoms with Crippen LogP contribution in [0.5, 0.6) is 0 Å². The first-order valence-corrected chi connectivity index (χ1v) is 6.46. The van der Waals surface area contributed by atoms with E-state index in [1.807, 2.05) is 0 Å². The lowest BCUT2D eigenvalue weighted by molar-refractivity contribution is 0.694. The first-order valence-electron chi connectivity index (χ1n) is 4.91. The predicted octanol–water partition coefficient (Wildman–Crippen LogP) is 2.65. The van der Waals surface area contributed by atoms with Gasteiger partial charge >= 0.3 is 5.69 Å². The van der Waals surface area contributed by atoms with E-state index in [1.54, 1.807) is 18.2 Å². The standard InChI is InChI=1S/C11H7BrCl2N2O2/c12-7-4-15-11(18)16(10(7)17)5-6-8(13)2-1-3-9(6)14/h1-4H,5H2,(H,15,18). The van der Waals surface area contributed by atoms with Gasteiger partial charge in [0.15, 0.2) is 0 Å². The van der Waals surface area contributed by atoms with Crippen molar-refractivity contribution in [1.29, 1.82) is 0 Å². The average molecular weight is 350 g/mol. The molecule has 1 aromatic carbocycles. The smallest absolute Gasteiger partial charge is 0.313 e. The van der Waals surface area contributed by atoms with Gasteiger partial charge < -0.3 is 4.98 Å². The number of rotatable bonds is 2. The molecular formula is C11H7BrCl2N2O2. The van der Waals surface area contributed by atoms with Crippen LogP contribution in [0.4, 0.5) is 0 Å². The van der Waals surface area contributed by atoms with E-state index in [1.165, 1.54) is 6.20 Å². The lowest BCUT2D eigenvalue weighted by atomic mass is 10.2. The minimum absolute atomic E-state index is 0.0200. The van der Waals surface area contributed by atoms with Gasteiger partial charge in [-0.05, 0) is 28.1 Å². The molecule has 4 nitrogen and oxygen atoms in total. The number of nitrogens with one attached hydrogen (secondary N) is 1. The zero-order valence-electron chi connectivity index (χ0n) is 8.91. The summed E-state index contributed by atoms with van der Waals surface area (Å²) in [6, 6.07) is 5.00. The van der Waals surface area contributed by atoms with Gasteiger partial charge in [0.25, 0.3) is 5.56 Å². The van der Waals surface area contributed by atoms with Crippen LogP contribution < -0.4 is 11.2 Å². The van der Waals surface area contributed by atoms with Crippen LogP contribution in [0.25, 0.3) is 0 Å². The van der Waals surface area contributed by atoms with Crippen LogP contribution in [0.1, 0.15) is 5.56 Å². The summed E-state index contributed by atoms with van der Waals surface area (Å²) in [7, 11) is 0. The van der Waals surface area contributed by atoms with Gasteiger partial charge in [-0.1, -0.05) is 29.3 Å². The summed E-state index contributed by atoms with van der Waals surface area (Å²) in [5.41, 5.74) is -0.416. The molecule has 0 radical (unpaired) electrons. The second-order valence-corrected chi connectivity index (χ2v) is 5.20. The number of hydrogen-bond acceptors (Lipinski definition) is 2. The number of halogens is 3. The van der Waals surface area contributed by atoms with E-state index >= 15 is 0 Å². The van der Waals surface area contributed by atoms with E-state index < -0.39 is 11.2 Å². The van der Waals surface area contributed by atoms with Crippen molar-refractivity contribution in [3.05, 3.63) is 65.3 Å². The number of benzene rings is 1. The largest absolute Gasteiger partial charge is 0.328 e. The molecule has 0 aliphatic carbocycles. The van der Waals surface area contributed by atoms with E-state index in [4.69, 9.17) is 23.2 Å². The maximum Gasteiger partial charge on any atom is 0.328 e. The third-order valence-electron chi connectivity index (χ3n) is 2.39. The van der Waals surface area contributed by atoms with Crippen molar-refractivity contribution >= 4 is 39.1 Å². The average Bonchev–Trinajstić information content (AvgIpc) is 2.33. The van der Waals surface area contributed by atoms with Crippen molar-refractivity contribution in [2.24, 2.45) is 0 Å². The predicted molar refractivity (Wildman–Crippen MR) is 74.6 cm³/mol. The Hall–Kier alpha value is -1.04. The summed E-state index contributed by atoms with van der Waals surface area (Å²) >= 11 is 15.1. The van der Waals surface area contributed by atoms with Gasteiger partial charge in [-0.15, -0.1) is 0 Å². The molecule has 0 spiro atoms. The molecule has 0 fully saturated rings. The van der Waals surface area contributed by atoms with E-state index in [9.17, 15) is 9.59 Å². The topological polar surface area (TPSA) is 54.9 Å². The molecule has 0 unspecified atom stereocenters. The summed E-state index contributed by atoms with van der Waals surface area (Å²) in [6.07, 6.45) is 1.30. The molecule has 1 heterocycles. The van der Waals surface area contributed by atoms with Gasteiger partial charge in [-0.2, -0.15) is 0 Å². The lowest BCUT2D eigenvalue weighted by Crippen LogP contribution is -2.35. The highest BCUT2D eigenvalue weighted by atomic mass is 79.9.